The lowest BCUT2D eigenvalue weighted by atomic mass is 10.0. The molecule has 0 saturated heterocycles. The monoisotopic (exact) mass is 213 g/mol. The molecular weight excluding hydrogens is 190 g/mol. The van der Waals surface area contributed by atoms with Gasteiger partial charge in [0.15, 0.2) is 0 Å². The Hall–Kier alpha value is -0.860. The molecule has 0 bridgehead atoms. The van der Waals surface area contributed by atoms with Gasteiger partial charge in [0.05, 0.1) is 0 Å². The summed E-state index contributed by atoms with van der Waals surface area (Å²) in [4.78, 5) is 22.2. The molecule has 88 valence electrons. The Balaban J connectivity index is 3.55. The molecule has 15 heavy (non-hydrogen) atoms. The van der Waals surface area contributed by atoms with Crippen molar-refractivity contribution in [2.75, 3.05) is 6.54 Å². The number of rotatable bonds is 8. The summed E-state index contributed by atoms with van der Waals surface area (Å²) in [6, 6.07) is 0. The van der Waals surface area contributed by atoms with E-state index in [9.17, 15) is 9.59 Å². The summed E-state index contributed by atoms with van der Waals surface area (Å²) in [7, 11) is 0. The molecule has 0 aromatic heterocycles. The minimum atomic E-state index is 0.0727. The first-order chi connectivity index (χ1) is 7.07. The minimum absolute atomic E-state index is 0.0727. The normalized spacial score (nSPS) is 12.2. The van der Waals surface area contributed by atoms with Gasteiger partial charge in [-0.25, -0.2) is 0 Å². The smallest absolute Gasteiger partial charge is 0.222 e. The molecule has 0 rings (SSSR count). The average molecular weight is 213 g/mol. The van der Waals surface area contributed by atoms with Gasteiger partial charge in [0.2, 0.25) is 5.91 Å². The van der Waals surface area contributed by atoms with Crippen LogP contribution in [0.5, 0.6) is 0 Å². The maximum Gasteiger partial charge on any atom is 0.222 e. The Morgan fingerprint density at radius 3 is 2.47 bits per heavy atom. The van der Waals surface area contributed by atoms with Crippen LogP contribution in [0, 0.1) is 5.92 Å². The fourth-order valence-electron chi connectivity index (χ4n) is 1.37. The second-order valence-electron chi connectivity index (χ2n) is 4.14. The molecule has 1 amide bonds. The Labute approximate surface area is 92.6 Å². The highest BCUT2D eigenvalue weighted by Gasteiger charge is 2.11. The first-order valence-electron chi connectivity index (χ1n) is 5.85. The van der Waals surface area contributed by atoms with E-state index in [0.29, 0.717) is 13.0 Å². The minimum Gasteiger partial charge on any atom is -0.355 e. The summed E-state index contributed by atoms with van der Waals surface area (Å²) in [6.45, 7) is 6.11. The van der Waals surface area contributed by atoms with Crippen LogP contribution >= 0.6 is 0 Å². The quantitative estimate of drug-likeness (QED) is 0.629. The molecular formula is C12H23NO2. The number of amides is 1. The van der Waals surface area contributed by atoms with Crippen LogP contribution in [0.15, 0.2) is 0 Å². The summed E-state index contributed by atoms with van der Waals surface area (Å²) in [5, 5.41) is 2.78. The molecule has 0 saturated carbocycles. The number of carbonyl (C=O) groups excluding carboxylic acids is 2. The SMILES string of the molecule is CCCCCC(C)C(=O)NCCC(C)=O. The maximum atomic E-state index is 11.5. The van der Waals surface area contributed by atoms with Crippen molar-refractivity contribution in [2.24, 2.45) is 5.92 Å². The van der Waals surface area contributed by atoms with Gasteiger partial charge in [-0.3, -0.25) is 9.59 Å². The van der Waals surface area contributed by atoms with E-state index in [-0.39, 0.29) is 17.6 Å². The van der Waals surface area contributed by atoms with Crippen molar-refractivity contribution in [1.82, 2.24) is 5.32 Å². The van der Waals surface area contributed by atoms with E-state index in [0.717, 1.165) is 12.8 Å². The van der Waals surface area contributed by atoms with Crippen LogP contribution < -0.4 is 5.32 Å². The van der Waals surface area contributed by atoms with Gasteiger partial charge in [-0.15, -0.1) is 0 Å². The molecule has 0 aliphatic carbocycles. The molecule has 0 radical (unpaired) electrons. The van der Waals surface area contributed by atoms with Gasteiger partial charge in [0.25, 0.3) is 0 Å². The highest BCUT2D eigenvalue weighted by atomic mass is 16.2. The molecule has 0 spiro atoms. The molecule has 0 fully saturated rings. The molecule has 1 unspecified atom stereocenters. The Bertz CT molecular complexity index is 202. The number of unbranched alkanes of at least 4 members (excludes halogenated alkanes) is 2. The molecule has 0 aromatic carbocycles. The second-order valence-corrected chi connectivity index (χ2v) is 4.14. The van der Waals surface area contributed by atoms with Crippen molar-refractivity contribution < 1.29 is 9.59 Å². The topological polar surface area (TPSA) is 46.2 Å². The fourth-order valence-corrected chi connectivity index (χ4v) is 1.37. The standard InChI is InChI=1S/C12H23NO2/c1-4-5-6-7-10(2)12(15)13-9-8-11(3)14/h10H,4-9H2,1-3H3,(H,13,15). The zero-order valence-corrected chi connectivity index (χ0v) is 10.1. The molecule has 0 aromatic rings. The maximum absolute atomic E-state index is 11.5. The first-order valence-corrected chi connectivity index (χ1v) is 5.85. The number of nitrogens with one attached hydrogen (secondary N) is 1. The summed E-state index contributed by atoms with van der Waals surface area (Å²) in [5.74, 6) is 0.268. The second kappa shape index (κ2) is 8.45. The van der Waals surface area contributed by atoms with Crippen molar-refractivity contribution >= 4 is 11.7 Å². The lowest BCUT2D eigenvalue weighted by molar-refractivity contribution is -0.124. The van der Waals surface area contributed by atoms with Gasteiger partial charge in [-0.2, -0.15) is 0 Å². The Morgan fingerprint density at radius 1 is 1.27 bits per heavy atom. The van der Waals surface area contributed by atoms with Crippen molar-refractivity contribution in [3.63, 3.8) is 0 Å². The molecule has 1 N–H and O–H groups in total. The molecule has 0 aliphatic rings. The number of Topliss-reactive ketones (excluding diaryl/α,β-unsaturated/α-hetero) is 1. The molecule has 0 heterocycles. The van der Waals surface area contributed by atoms with Gasteiger partial charge >= 0.3 is 0 Å². The zero-order valence-electron chi connectivity index (χ0n) is 10.1. The van der Waals surface area contributed by atoms with Crippen LogP contribution in [0.2, 0.25) is 0 Å². The molecule has 3 nitrogen and oxygen atoms in total. The predicted molar refractivity (Wildman–Crippen MR) is 61.6 cm³/mol. The molecule has 0 aliphatic heterocycles. The van der Waals surface area contributed by atoms with Crippen LogP contribution in [0.3, 0.4) is 0 Å². The summed E-state index contributed by atoms with van der Waals surface area (Å²) in [5.41, 5.74) is 0. The van der Waals surface area contributed by atoms with Gasteiger partial charge < -0.3 is 5.32 Å². The third-order valence-electron chi connectivity index (χ3n) is 2.46. The number of ketones is 1. The highest BCUT2D eigenvalue weighted by molar-refractivity contribution is 5.80. The van der Waals surface area contributed by atoms with Crippen molar-refractivity contribution in [3.05, 3.63) is 0 Å². The van der Waals surface area contributed by atoms with Crippen LogP contribution in [0.1, 0.15) is 52.9 Å². The van der Waals surface area contributed by atoms with Crippen molar-refractivity contribution in [3.8, 4) is 0 Å². The Morgan fingerprint density at radius 2 is 1.93 bits per heavy atom. The van der Waals surface area contributed by atoms with Crippen LogP contribution in [0.4, 0.5) is 0 Å². The van der Waals surface area contributed by atoms with Crippen LogP contribution in [0.25, 0.3) is 0 Å². The van der Waals surface area contributed by atoms with E-state index in [1.807, 2.05) is 6.92 Å². The number of carbonyl (C=O) groups is 2. The van der Waals surface area contributed by atoms with Crippen molar-refractivity contribution in [1.29, 1.82) is 0 Å². The van der Waals surface area contributed by atoms with Gasteiger partial charge in [-0.1, -0.05) is 33.1 Å². The summed E-state index contributed by atoms with van der Waals surface area (Å²) >= 11 is 0. The van der Waals surface area contributed by atoms with E-state index in [2.05, 4.69) is 12.2 Å². The van der Waals surface area contributed by atoms with E-state index >= 15 is 0 Å². The average Bonchev–Trinajstić information content (AvgIpc) is 2.17. The van der Waals surface area contributed by atoms with Gasteiger partial charge in [-0.05, 0) is 13.3 Å². The largest absolute Gasteiger partial charge is 0.355 e. The number of hydrogen-bond acceptors (Lipinski definition) is 2. The van der Waals surface area contributed by atoms with E-state index < -0.39 is 0 Å². The fraction of sp³-hybridized carbons (Fsp3) is 0.833. The lowest BCUT2D eigenvalue weighted by Crippen LogP contribution is -2.30. The lowest BCUT2D eigenvalue weighted by Gasteiger charge is -2.11. The zero-order chi connectivity index (χ0) is 11.7. The third kappa shape index (κ3) is 8.16. The van der Waals surface area contributed by atoms with Gasteiger partial charge in [0.1, 0.15) is 5.78 Å². The van der Waals surface area contributed by atoms with Crippen LogP contribution in [-0.4, -0.2) is 18.2 Å². The van der Waals surface area contributed by atoms with E-state index in [1.54, 1.807) is 0 Å². The predicted octanol–water partition coefficient (Wildman–Crippen LogP) is 2.30. The first kappa shape index (κ1) is 14.1. The van der Waals surface area contributed by atoms with E-state index in [4.69, 9.17) is 0 Å². The molecule has 1 atom stereocenters. The Kier molecular flexibility index (Phi) is 7.96. The summed E-state index contributed by atoms with van der Waals surface area (Å²) in [6.07, 6.45) is 4.86. The van der Waals surface area contributed by atoms with Crippen LogP contribution in [-0.2, 0) is 9.59 Å². The number of hydrogen-bond donors (Lipinski definition) is 1. The van der Waals surface area contributed by atoms with Gasteiger partial charge in [0, 0.05) is 18.9 Å². The van der Waals surface area contributed by atoms with Crippen molar-refractivity contribution in [2.45, 2.75) is 52.9 Å². The van der Waals surface area contributed by atoms with E-state index in [1.165, 1.54) is 19.8 Å². The molecule has 3 heteroatoms. The highest BCUT2D eigenvalue weighted by Crippen LogP contribution is 2.08. The third-order valence-corrected chi connectivity index (χ3v) is 2.46. The summed E-state index contributed by atoms with van der Waals surface area (Å²) < 4.78 is 0.